The highest BCUT2D eigenvalue weighted by Crippen LogP contribution is 2.26. The molecule has 1 atom stereocenters. The van der Waals surface area contributed by atoms with Crippen molar-refractivity contribution in [1.82, 2.24) is 15.0 Å². The largest absolute Gasteiger partial charge is 0.381 e. The van der Waals surface area contributed by atoms with Crippen LogP contribution < -0.4 is 0 Å². The normalized spacial score (nSPS) is 20.7. The lowest BCUT2D eigenvalue weighted by atomic mass is 9.93. The van der Waals surface area contributed by atoms with Gasteiger partial charge >= 0.3 is 0 Å². The number of likely N-dealkylation sites (tertiary alicyclic amines) is 1. The van der Waals surface area contributed by atoms with Crippen LogP contribution in [0.25, 0.3) is 0 Å². The number of amides is 1. The van der Waals surface area contributed by atoms with Gasteiger partial charge in [-0.1, -0.05) is 35.5 Å². The third-order valence-electron chi connectivity index (χ3n) is 6.17. The molecule has 156 valence electrons. The predicted octanol–water partition coefficient (Wildman–Crippen LogP) is 3.77. The lowest BCUT2D eigenvalue weighted by molar-refractivity contribution is -0.133. The predicted molar refractivity (Wildman–Crippen MR) is 109 cm³/mol. The zero-order valence-corrected chi connectivity index (χ0v) is 17.1. The number of ether oxygens (including phenoxy) is 1. The molecule has 2 aliphatic rings. The smallest absolute Gasteiger partial charge is 0.229 e. The fourth-order valence-electron chi connectivity index (χ4n) is 4.39. The molecule has 1 aromatic carbocycles. The number of nitrogens with zero attached hydrogens (tertiary/aromatic N) is 3. The molecule has 6 heteroatoms. The monoisotopic (exact) mass is 397 g/mol. The van der Waals surface area contributed by atoms with E-state index in [-0.39, 0.29) is 5.91 Å². The minimum atomic E-state index is 0.278. The maximum Gasteiger partial charge on any atom is 0.229 e. The van der Waals surface area contributed by atoms with E-state index in [4.69, 9.17) is 9.26 Å². The van der Waals surface area contributed by atoms with Gasteiger partial charge in [-0.3, -0.25) is 4.79 Å². The molecule has 1 amide bonds. The molecule has 4 rings (SSSR count). The van der Waals surface area contributed by atoms with Crippen LogP contribution in [0.3, 0.4) is 0 Å². The van der Waals surface area contributed by atoms with Gasteiger partial charge in [-0.25, -0.2) is 0 Å². The standard InChI is InChI=1S/C23H31N3O3/c27-22(11-9-18-5-2-1-3-6-18)26-14-4-7-19(17-26)8-10-21-24-23(29-25-21)20-12-15-28-16-13-20/h1-3,5-6,19-20H,4,7-17H2. The van der Waals surface area contributed by atoms with Crippen molar-refractivity contribution in [2.45, 2.75) is 57.3 Å². The first-order valence-electron chi connectivity index (χ1n) is 11.0. The average Bonchev–Trinajstić information content (AvgIpc) is 3.27. The molecular weight excluding hydrogens is 366 g/mol. The van der Waals surface area contributed by atoms with E-state index in [9.17, 15) is 4.79 Å². The molecule has 0 saturated carbocycles. The van der Waals surface area contributed by atoms with E-state index in [2.05, 4.69) is 27.2 Å². The third-order valence-corrected chi connectivity index (χ3v) is 6.17. The molecule has 0 N–H and O–H groups in total. The number of piperidine rings is 1. The summed E-state index contributed by atoms with van der Waals surface area (Å²) < 4.78 is 10.9. The van der Waals surface area contributed by atoms with Crippen molar-refractivity contribution >= 4 is 5.91 Å². The van der Waals surface area contributed by atoms with Crippen molar-refractivity contribution < 1.29 is 14.1 Å². The summed E-state index contributed by atoms with van der Waals surface area (Å²) in [7, 11) is 0. The first kappa shape index (κ1) is 20.1. The third kappa shape index (κ3) is 5.66. The fraction of sp³-hybridized carbons (Fsp3) is 0.609. The van der Waals surface area contributed by atoms with Crippen LogP contribution in [0, 0.1) is 5.92 Å². The highest BCUT2D eigenvalue weighted by Gasteiger charge is 2.25. The van der Waals surface area contributed by atoms with Gasteiger partial charge in [-0.2, -0.15) is 4.98 Å². The highest BCUT2D eigenvalue weighted by atomic mass is 16.5. The van der Waals surface area contributed by atoms with Gasteiger partial charge in [-0.05, 0) is 50.0 Å². The lowest BCUT2D eigenvalue weighted by Gasteiger charge is -2.32. The maximum absolute atomic E-state index is 12.6. The average molecular weight is 398 g/mol. The quantitative estimate of drug-likeness (QED) is 0.711. The van der Waals surface area contributed by atoms with Gasteiger partial charge in [0.05, 0.1) is 0 Å². The molecule has 0 radical (unpaired) electrons. The molecule has 3 heterocycles. The van der Waals surface area contributed by atoms with Gasteiger partial charge in [0.25, 0.3) is 0 Å². The summed E-state index contributed by atoms with van der Waals surface area (Å²) in [4.78, 5) is 19.3. The summed E-state index contributed by atoms with van der Waals surface area (Å²) in [5.41, 5.74) is 1.23. The van der Waals surface area contributed by atoms with Crippen LogP contribution in [0.15, 0.2) is 34.9 Å². The van der Waals surface area contributed by atoms with Crippen LogP contribution in [-0.4, -0.2) is 47.3 Å². The molecule has 0 bridgehead atoms. The fourth-order valence-corrected chi connectivity index (χ4v) is 4.39. The molecule has 2 aliphatic heterocycles. The van der Waals surface area contributed by atoms with Gasteiger partial charge in [0.1, 0.15) is 0 Å². The SMILES string of the molecule is O=C(CCc1ccccc1)N1CCCC(CCc2noc(C3CCOCC3)n2)C1. The van der Waals surface area contributed by atoms with Crippen molar-refractivity contribution in [1.29, 1.82) is 0 Å². The first-order valence-corrected chi connectivity index (χ1v) is 11.0. The van der Waals surface area contributed by atoms with Crippen LogP contribution in [0.1, 0.15) is 61.7 Å². The second-order valence-electron chi connectivity index (χ2n) is 8.31. The van der Waals surface area contributed by atoms with E-state index in [1.54, 1.807) is 0 Å². The summed E-state index contributed by atoms with van der Waals surface area (Å²) in [6.07, 6.45) is 7.43. The zero-order chi connectivity index (χ0) is 19.9. The van der Waals surface area contributed by atoms with Gasteiger partial charge < -0.3 is 14.2 Å². The Kier molecular flexibility index (Phi) is 6.93. The van der Waals surface area contributed by atoms with Crippen LogP contribution in [0.2, 0.25) is 0 Å². The molecule has 2 fully saturated rings. The number of hydrogen-bond donors (Lipinski definition) is 0. The molecule has 1 unspecified atom stereocenters. The van der Waals surface area contributed by atoms with Crippen molar-refractivity contribution in [2.75, 3.05) is 26.3 Å². The Morgan fingerprint density at radius 3 is 2.76 bits per heavy atom. The Balaban J connectivity index is 1.22. The maximum atomic E-state index is 12.6. The number of hydrogen-bond acceptors (Lipinski definition) is 5. The van der Waals surface area contributed by atoms with E-state index in [0.717, 1.165) is 76.5 Å². The summed E-state index contributed by atoms with van der Waals surface area (Å²) in [6.45, 7) is 3.30. The van der Waals surface area contributed by atoms with Gasteiger partial charge in [0.2, 0.25) is 11.8 Å². The van der Waals surface area contributed by atoms with Crippen molar-refractivity contribution in [3.05, 3.63) is 47.6 Å². The van der Waals surface area contributed by atoms with Crippen LogP contribution in [-0.2, 0) is 22.4 Å². The minimum absolute atomic E-state index is 0.278. The molecule has 29 heavy (non-hydrogen) atoms. The van der Waals surface area contributed by atoms with E-state index in [1.165, 1.54) is 12.0 Å². The van der Waals surface area contributed by atoms with E-state index in [1.807, 2.05) is 18.2 Å². The van der Waals surface area contributed by atoms with Crippen LogP contribution >= 0.6 is 0 Å². The summed E-state index contributed by atoms with van der Waals surface area (Å²) in [5.74, 6) is 2.72. The van der Waals surface area contributed by atoms with Crippen LogP contribution in [0.4, 0.5) is 0 Å². The number of carbonyl (C=O) groups is 1. The minimum Gasteiger partial charge on any atom is -0.381 e. The second kappa shape index (κ2) is 10.0. The molecule has 1 aromatic heterocycles. The number of rotatable bonds is 7. The molecular formula is C23H31N3O3. The molecule has 6 nitrogen and oxygen atoms in total. The highest BCUT2D eigenvalue weighted by molar-refractivity contribution is 5.76. The Bertz CT molecular complexity index is 771. The summed E-state index contributed by atoms with van der Waals surface area (Å²) in [5, 5.41) is 4.19. The number of benzene rings is 1. The van der Waals surface area contributed by atoms with Crippen molar-refractivity contribution in [3.8, 4) is 0 Å². The second-order valence-corrected chi connectivity index (χ2v) is 8.31. The molecule has 2 saturated heterocycles. The topological polar surface area (TPSA) is 68.5 Å². The summed E-state index contributed by atoms with van der Waals surface area (Å²) >= 11 is 0. The zero-order valence-electron chi connectivity index (χ0n) is 17.1. The lowest BCUT2D eigenvalue weighted by Crippen LogP contribution is -2.40. The van der Waals surface area contributed by atoms with E-state index < -0.39 is 0 Å². The van der Waals surface area contributed by atoms with Crippen LogP contribution in [0.5, 0.6) is 0 Å². The van der Waals surface area contributed by atoms with Gasteiger partial charge in [0.15, 0.2) is 5.82 Å². The Hall–Kier alpha value is -2.21. The Morgan fingerprint density at radius 2 is 1.93 bits per heavy atom. The molecule has 2 aromatic rings. The van der Waals surface area contributed by atoms with Crippen molar-refractivity contribution in [3.63, 3.8) is 0 Å². The van der Waals surface area contributed by atoms with Gasteiger partial charge in [-0.15, -0.1) is 0 Å². The Labute approximate surface area is 172 Å². The number of aryl methyl sites for hydroxylation is 2. The summed E-state index contributed by atoms with van der Waals surface area (Å²) in [6, 6.07) is 10.2. The Morgan fingerprint density at radius 1 is 1.10 bits per heavy atom. The number of aromatic nitrogens is 2. The molecule has 0 spiro atoms. The van der Waals surface area contributed by atoms with Crippen molar-refractivity contribution in [2.24, 2.45) is 5.92 Å². The van der Waals surface area contributed by atoms with E-state index in [0.29, 0.717) is 18.3 Å². The van der Waals surface area contributed by atoms with Gasteiger partial charge in [0, 0.05) is 45.1 Å². The van der Waals surface area contributed by atoms with E-state index >= 15 is 0 Å². The molecule has 0 aliphatic carbocycles. The first-order chi connectivity index (χ1) is 14.3. The number of carbonyl (C=O) groups excluding carboxylic acids is 1.